The number of phenolic OH excluding ortho intramolecular Hbond substituents is 4. The molecule has 0 bridgehead atoms. The Balaban J connectivity index is 1.45. The summed E-state index contributed by atoms with van der Waals surface area (Å²) >= 11 is 0. The number of carbonyl (C=O) groups excluding carboxylic acids is 1. The van der Waals surface area contributed by atoms with Crippen molar-refractivity contribution in [2.24, 2.45) is 0 Å². The highest BCUT2D eigenvalue weighted by molar-refractivity contribution is 5.87. The number of aromatic hydroxyl groups is 4. The molecule has 12 heteroatoms. The summed E-state index contributed by atoms with van der Waals surface area (Å²) in [7, 11) is 0. The minimum Gasteiger partial charge on any atom is -0.508 e. The van der Waals surface area contributed by atoms with Crippen LogP contribution >= 0.6 is 0 Å². The van der Waals surface area contributed by atoms with Crippen LogP contribution in [0.25, 0.3) is 6.08 Å². The summed E-state index contributed by atoms with van der Waals surface area (Å²) in [5.74, 6) is -2.10. The third kappa shape index (κ3) is 6.12. The first kappa shape index (κ1) is 29.2. The lowest BCUT2D eigenvalue weighted by atomic mass is 9.93. The van der Waals surface area contributed by atoms with Crippen LogP contribution in [0.15, 0.2) is 66.7 Å². The first-order valence-corrected chi connectivity index (χ1v) is 13.1. The van der Waals surface area contributed by atoms with E-state index in [0.29, 0.717) is 11.1 Å². The van der Waals surface area contributed by atoms with E-state index in [9.17, 15) is 40.5 Å². The number of benzene rings is 3. The third-order valence-electron chi connectivity index (χ3n) is 7.09. The van der Waals surface area contributed by atoms with Gasteiger partial charge in [-0.1, -0.05) is 36.4 Å². The Hall–Kier alpha value is -4.33. The molecular weight excluding hydrogens is 552 g/mol. The van der Waals surface area contributed by atoms with Gasteiger partial charge in [-0.15, -0.1) is 0 Å². The number of esters is 1. The number of phenols is 4. The van der Waals surface area contributed by atoms with E-state index in [2.05, 4.69) is 0 Å². The predicted octanol–water partition coefficient (Wildman–Crippen LogP) is 1.63. The van der Waals surface area contributed by atoms with Crippen LogP contribution in [0.5, 0.6) is 28.7 Å². The van der Waals surface area contributed by atoms with Crippen molar-refractivity contribution in [2.45, 2.75) is 49.3 Å². The van der Waals surface area contributed by atoms with Gasteiger partial charge in [-0.2, -0.15) is 0 Å². The average Bonchev–Trinajstić information content (AvgIpc) is 2.97. The van der Waals surface area contributed by atoms with Crippen LogP contribution in [-0.4, -0.2) is 85.1 Å². The second-order valence-corrected chi connectivity index (χ2v) is 9.96. The van der Waals surface area contributed by atoms with Crippen LogP contribution in [0.2, 0.25) is 0 Å². The van der Waals surface area contributed by atoms with Gasteiger partial charge in [-0.3, -0.25) is 0 Å². The summed E-state index contributed by atoms with van der Waals surface area (Å²) in [5, 5.41) is 71.5. The van der Waals surface area contributed by atoms with Crippen molar-refractivity contribution in [1.29, 1.82) is 0 Å². The van der Waals surface area contributed by atoms with Gasteiger partial charge in [-0.25, -0.2) is 4.79 Å². The molecule has 222 valence electrons. The molecule has 1 saturated heterocycles. The summed E-state index contributed by atoms with van der Waals surface area (Å²) in [6, 6.07) is 15.3. The molecule has 42 heavy (non-hydrogen) atoms. The lowest BCUT2D eigenvalue weighted by Gasteiger charge is -2.44. The number of aliphatic hydroxyl groups excluding tert-OH is 3. The molecule has 2 aliphatic heterocycles. The maximum atomic E-state index is 12.7. The monoisotopic (exact) mass is 582 g/mol. The van der Waals surface area contributed by atoms with Gasteiger partial charge in [0, 0.05) is 30.2 Å². The second kappa shape index (κ2) is 12.3. The smallest absolute Gasteiger partial charge is 0.331 e. The highest BCUT2D eigenvalue weighted by Crippen LogP contribution is 2.44. The molecule has 0 aliphatic carbocycles. The van der Waals surface area contributed by atoms with E-state index in [4.69, 9.17) is 18.9 Å². The van der Waals surface area contributed by atoms with E-state index >= 15 is 0 Å². The Labute approximate surface area is 239 Å². The van der Waals surface area contributed by atoms with Gasteiger partial charge in [-0.05, 0) is 29.3 Å². The second-order valence-electron chi connectivity index (χ2n) is 9.96. The topological polar surface area (TPSA) is 196 Å². The van der Waals surface area contributed by atoms with Gasteiger partial charge in [0.2, 0.25) is 0 Å². The fourth-order valence-corrected chi connectivity index (χ4v) is 4.93. The number of carbonyl (C=O) groups is 1. The van der Waals surface area contributed by atoms with Crippen molar-refractivity contribution in [3.63, 3.8) is 0 Å². The molecule has 2 heterocycles. The summed E-state index contributed by atoms with van der Waals surface area (Å²) in [5.41, 5.74) is 1.32. The summed E-state index contributed by atoms with van der Waals surface area (Å²) in [6.07, 6.45) is -7.18. The van der Waals surface area contributed by atoms with E-state index < -0.39 is 61.2 Å². The molecule has 7 atom stereocenters. The lowest BCUT2D eigenvalue weighted by Crippen LogP contribution is -2.61. The Morgan fingerprint density at radius 3 is 2.40 bits per heavy atom. The minimum absolute atomic E-state index is 0.0371. The SMILES string of the molecule is O=C(C=Cc1ccccc1)O[C@H]1[C@H](O[C@H]2Cc3c(O)cc(O)cc3O[C@@H]2c2ccc(O)c(O)c2)O[C@H](CO)[C@@H](O)[C@@H]1O. The van der Waals surface area contributed by atoms with E-state index in [1.54, 1.807) is 24.3 Å². The van der Waals surface area contributed by atoms with Gasteiger partial charge in [0.05, 0.1) is 6.61 Å². The highest BCUT2D eigenvalue weighted by atomic mass is 16.7. The Kier molecular flexibility index (Phi) is 8.52. The van der Waals surface area contributed by atoms with Crippen LogP contribution in [0, 0.1) is 0 Å². The minimum atomic E-state index is -1.71. The van der Waals surface area contributed by atoms with Crippen molar-refractivity contribution in [2.75, 3.05) is 6.61 Å². The molecule has 12 nitrogen and oxygen atoms in total. The quantitative estimate of drug-likeness (QED) is 0.121. The maximum absolute atomic E-state index is 12.7. The number of fused-ring (bicyclic) bond motifs is 1. The molecule has 0 saturated carbocycles. The molecule has 0 spiro atoms. The van der Waals surface area contributed by atoms with Crippen LogP contribution in [0.1, 0.15) is 22.8 Å². The molecule has 7 N–H and O–H groups in total. The average molecular weight is 583 g/mol. The standard InChI is InChI=1S/C30H30O12/c31-14-24-26(37)27(38)29(42-25(36)9-6-15-4-2-1-3-5-15)30(41-24)40-23-13-18-20(34)11-17(32)12-22(18)39-28(23)16-7-8-19(33)21(35)10-16/h1-12,23-24,26-35,37-38H,13-14H2/t23-,24+,26+,27-,28+,29+,30+/m0/s1. The Morgan fingerprint density at radius 1 is 0.929 bits per heavy atom. The zero-order chi connectivity index (χ0) is 30.0. The number of ether oxygens (including phenoxy) is 4. The van der Waals surface area contributed by atoms with Gasteiger partial charge < -0.3 is 54.7 Å². The van der Waals surface area contributed by atoms with Crippen LogP contribution in [0.3, 0.4) is 0 Å². The normalized spacial score (nSPS) is 27.3. The number of rotatable bonds is 7. The summed E-state index contributed by atoms with van der Waals surface area (Å²) < 4.78 is 23.4. The fourth-order valence-electron chi connectivity index (χ4n) is 4.93. The van der Waals surface area contributed by atoms with Crippen molar-refractivity contribution >= 4 is 12.0 Å². The van der Waals surface area contributed by atoms with E-state index in [1.807, 2.05) is 6.07 Å². The first-order chi connectivity index (χ1) is 20.1. The number of hydrogen-bond donors (Lipinski definition) is 7. The number of hydrogen-bond acceptors (Lipinski definition) is 12. The van der Waals surface area contributed by atoms with Crippen LogP contribution in [0.4, 0.5) is 0 Å². The summed E-state index contributed by atoms with van der Waals surface area (Å²) in [4.78, 5) is 12.7. The molecule has 3 aromatic carbocycles. The molecule has 0 aromatic heterocycles. The zero-order valence-electron chi connectivity index (χ0n) is 22.1. The Morgan fingerprint density at radius 2 is 1.69 bits per heavy atom. The molecule has 5 rings (SSSR count). The van der Waals surface area contributed by atoms with Crippen LogP contribution < -0.4 is 4.74 Å². The fraction of sp³-hybridized carbons (Fsp3) is 0.300. The lowest BCUT2D eigenvalue weighted by molar-refractivity contribution is -0.318. The van der Waals surface area contributed by atoms with Crippen molar-refractivity contribution in [3.8, 4) is 28.7 Å². The summed E-state index contributed by atoms with van der Waals surface area (Å²) in [6.45, 7) is -0.689. The number of aliphatic hydroxyl groups is 3. The van der Waals surface area contributed by atoms with Gasteiger partial charge in [0.15, 0.2) is 30.0 Å². The van der Waals surface area contributed by atoms with Gasteiger partial charge >= 0.3 is 5.97 Å². The molecule has 2 aliphatic rings. The third-order valence-corrected chi connectivity index (χ3v) is 7.09. The molecule has 0 radical (unpaired) electrons. The van der Waals surface area contributed by atoms with Crippen molar-refractivity contribution in [3.05, 3.63) is 83.4 Å². The molecule has 1 fully saturated rings. The van der Waals surface area contributed by atoms with E-state index in [1.165, 1.54) is 30.3 Å². The predicted molar refractivity (Wildman–Crippen MR) is 145 cm³/mol. The van der Waals surface area contributed by atoms with Gasteiger partial charge in [0.1, 0.15) is 41.7 Å². The van der Waals surface area contributed by atoms with Gasteiger partial charge in [0.25, 0.3) is 0 Å². The molecular formula is C30H30O12. The maximum Gasteiger partial charge on any atom is 0.331 e. The molecule has 0 amide bonds. The van der Waals surface area contributed by atoms with E-state index in [0.717, 1.165) is 12.1 Å². The van der Waals surface area contributed by atoms with Crippen molar-refractivity contribution in [1.82, 2.24) is 0 Å². The highest BCUT2D eigenvalue weighted by Gasteiger charge is 2.49. The Bertz CT molecular complexity index is 1440. The first-order valence-electron chi connectivity index (χ1n) is 13.1. The van der Waals surface area contributed by atoms with Crippen molar-refractivity contribution < 1.29 is 59.5 Å². The largest absolute Gasteiger partial charge is 0.508 e. The van der Waals surface area contributed by atoms with Crippen LogP contribution in [-0.2, 0) is 25.4 Å². The molecule has 3 aromatic rings. The molecule has 0 unspecified atom stereocenters. The zero-order valence-corrected chi connectivity index (χ0v) is 22.1. The van der Waals surface area contributed by atoms with E-state index in [-0.39, 0.29) is 35.0 Å².